The van der Waals surface area contributed by atoms with Crippen LogP contribution in [0.1, 0.15) is 0 Å². The number of benzene rings is 9. The molecule has 0 saturated heterocycles. The zero-order valence-corrected chi connectivity index (χ0v) is 33.5. The van der Waals surface area contributed by atoms with Crippen molar-refractivity contribution < 1.29 is 4.42 Å². The van der Waals surface area contributed by atoms with Gasteiger partial charge >= 0.3 is 0 Å². The van der Waals surface area contributed by atoms with Crippen LogP contribution in [0.25, 0.3) is 117 Å². The van der Waals surface area contributed by atoms with Gasteiger partial charge in [-0.15, -0.1) is 0 Å². The summed E-state index contributed by atoms with van der Waals surface area (Å²) in [5.41, 5.74) is 14.7. The molecule has 0 aliphatic carbocycles. The van der Waals surface area contributed by atoms with Crippen LogP contribution in [0.4, 0.5) is 0 Å². The largest absolute Gasteiger partial charge is 0.456 e. The van der Waals surface area contributed by atoms with Gasteiger partial charge in [-0.05, 0) is 81.9 Å². The van der Waals surface area contributed by atoms with Gasteiger partial charge in [0, 0.05) is 43.9 Å². The van der Waals surface area contributed by atoms with Crippen molar-refractivity contribution in [2.75, 3.05) is 0 Å². The fraction of sp³-hybridized carbons (Fsp3) is 0. The molecule has 0 atom stereocenters. The van der Waals surface area contributed by atoms with E-state index in [-0.39, 0.29) is 0 Å². The smallest absolute Gasteiger partial charge is 0.164 e. The van der Waals surface area contributed by atoms with Crippen LogP contribution >= 0.6 is 0 Å². The summed E-state index contributed by atoms with van der Waals surface area (Å²) in [4.78, 5) is 15.3. The molecule has 9 aromatic carbocycles. The second-order valence-corrected chi connectivity index (χ2v) is 15.6. The molecule has 12 aromatic rings. The molecule has 5 nitrogen and oxygen atoms in total. The molecule has 290 valence electrons. The first-order chi connectivity index (χ1) is 30.7. The average Bonchev–Trinajstić information content (AvgIpc) is 3.88. The van der Waals surface area contributed by atoms with Crippen molar-refractivity contribution in [2.45, 2.75) is 0 Å². The summed E-state index contributed by atoms with van der Waals surface area (Å²) in [6.07, 6.45) is 0. The topological polar surface area (TPSA) is 56.7 Å². The molecule has 5 heteroatoms. The maximum atomic E-state index is 6.52. The number of aromatic nitrogens is 4. The molecule has 3 heterocycles. The standard InChI is InChI=1S/C57H36N4O/c1-4-13-37(14-5-1)39-23-27-41(28-24-39)55-58-56(60-57(59-55)45-18-12-17-43(33-45)38-15-6-2-7-16-38)42-29-25-40(26-30-42)44-31-32-53-49(34-44)50-35-52-48(36-54(50)62-53)47-21-10-11-22-51(47)61(52)46-19-8-3-9-20-46/h1-36H. The van der Waals surface area contributed by atoms with E-state index < -0.39 is 0 Å². The van der Waals surface area contributed by atoms with Gasteiger partial charge < -0.3 is 8.98 Å². The van der Waals surface area contributed by atoms with Gasteiger partial charge in [-0.3, -0.25) is 0 Å². The number of fused-ring (bicyclic) bond motifs is 6. The van der Waals surface area contributed by atoms with E-state index in [0.717, 1.165) is 83.2 Å². The summed E-state index contributed by atoms with van der Waals surface area (Å²) >= 11 is 0. The molecular formula is C57H36N4O. The zero-order chi connectivity index (χ0) is 41.0. The van der Waals surface area contributed by atoms with Crippen LogP contribution < -0.4 is 0 Å². The second kappa shape index (κ2) is 14.7. The lowest BCUT2D eigenvalue weighted by atomic mass is 10.0. The Balaban J connectivity index is 0.938. The summed E-state index contributed by atoms with van der Waals surface area (Å²) in [7, 11) is 0. The maximum Gasteiger partial charge on any atom is 0.164 e. The number of hydrogen-bond donors (Lipinski definition) is 0. The molecule has 0 radical (unpaired) electrons. The number of para-hydroxylation sites is 2. The molecule has 0 fully saturated rings. The molecular weight excluding hydrogens is 757 g/mol. The van der Waals surface area contributed by atoms with Crippen molar-refractivity contribution in [3.63, 3.8) is 0 Å². The third-order valence-corrected chi connectivity index (χ3v) is 11.9. The molecule has 0 saturated carbocycles. The molecule has 62 heavy (non-hydrogen) atoms. The van der Waals surface area contributed by atoms with Gasteiger partial charge in [-0.25, -0.2) is 15.0 Å². The van der Waals surface area contributed by atoms with Crippen molar-refractivity contribution >= 4 is 43.7 Å². The van der Waals surface area contributed by atoms with Crippen LogP contribution in [0.3, 0.4) is 0 Å². The molecule has 0 spiro atoms. The van der Waals surface area contributed by atoms with Gasteiger partial charge in [0.05, 0.1) is 11.0 Å². The second-order valence-electron chi connectivity index (χ2n) is 15.6. The van der Waals surface area contributed by atoms with Gasteiger partial charge in [-0.1, -0.05) is 170 Å². The maximum absolute atomic E-state index is 6.52. The van der Waals surface area contributed by atoms with E-state index in [2.05, 4.69) is 211 Å². The molecule has 0 bridgehead atoms. The molecule has 12 rings (SSSR count). The Kier molecular flexibility index (Phi) is 8.42. The highest BCUT2D eigenvalue weighted by Crippen LogP contribution is 2.40. The molecule has 0 N–H and O–H groups in total. The van der Waals surface area contributed by atoms with Crippen LogP contribution in [0, 0.1) is 0 Å². The fourth-order valence-electron chi connectivity index (χ4n) is 8.76. The van der Waals surface area contributed by atoms with Crippen LogP contribution in [0.15, 0.2) is 223 Å². The van der Waals surface area contributed by atoms with E-state index in [1.165, 1.54) is 16.3 Å². The first-order valence-corrected chi connectivity index (χ1v) is 20.8. The minimum absolute atomic E-state index is 0.614. The Morgan fingerprint density at radius 3 is 1.42 bits per heavy atom. The third-order valence-electron chi connectivity index (χ3n) is 11.9. The lowest BCUT2D eigenvalue weighted by Gasteiger charge is -2.11. The Morgan fingerprint density at radius 2 is 0.742 bits per heavy atom. The highest BCUT2D eigenvalue weighted by atomic mass is 16.3. The Bertz CT molecular complexity index is 3590. The predicted octanol–water partition coefficient (Wildman–Crippen LogP) is 14.9. The van der Waals surface area contributed by atoms with E-state index in [1.54, 1.807) is 0 Å². The Hall–Kier alpha value is -8.41. The van der Waals surface area contributed by atoms with Gasteiger partial charge in [0.25, 0.3) is 0 Å². The molecule has 3 aromatic heterocycles. The summed E-state index contributed by atoms with van der Waals surface area (Å²) in [6.45, 7) is 0. The number of nitrogens with zero attached hydrogens (tertiary/aromatic N) is 4. The van der Waals surface area contributed by atoms with Gasteiger partial charge in [0.15, 0.2) is 17.5 Å². The first-order valence-electron chi connectivity index (χ1n) is 20.8. The predicted molar refractivity (Wildman–Crippen MR) is 254 cm³/mol. The molecule has 0 amide bonds. The van der Waals surface area contributed by atoms with Crippen LogP contribution in [-0.2, 0) is 0 Å². The van der Waals surface area contributed by atoms with Crippen molar-refractivity contribution in [1.29, 1.82) is 0 Å². The van der Waals surface area contributed by atoms with Crippen molar-refractivity contribution in [1.82, 2.24) is 19.5 Å². The zero-order valence-electron chi connectivity index (χ0n) is 33.5. The van der Waals surface area contributed by atoms with Gasteiger partial charge in [0.1, 0.15) is 11.2 Å². The minimum atomic E-state index is 0.614. The van der Waals surface area contributed by atoms with Crippen LogP contribution in [-0.4, -0.2) is 19.5 Å². The van der Waals surface area contributed by atoms with E-state index >= 15 is 0 Å². The van der Waals surface area contributed by atoms with Crippen molar-refractivity contribution in [2.24, 2.45) is 0 Å². The SMILES string of the molecule is c1ccc(-c2ccc(-c3nc(-c4ccc(-c5ccc6oc7cc8c9ccccc9n(-c9ccccc9)c8cc7c6c5)cc4)nc(-c4cccc(-c5ccccc5)c4)n3)cc2)cc1. The lowest BCUT2D eigenvalue weighted by Crippen LogP contribution is -2.00. The number of furan rings is 1. The van der Waals surface area contributed by atoms with Gasteiger partial charge in [-0.2, -0.15) is 0 Å². The monoisotopic (exact) mass is 792 g/mol. The van der Waals surface area contributed by atoms with Crippen LogP contribution in [0.5, 0.6) is 0 Å². The number of hydrogen-bond acceptors (Lipinski definition) is 4. The highest BCUT2D eigenvalue weighted by Gasteiger charge is 2.18. The average molecular weight is 793 g/mol. The molecule has 0 unspecified atom stereocenters. The van der Waals surface area contributed by atoms with Crippen LogP contribution in [0.2, 0.25) is 0 Å². The number of rotatable bonds is 7. The summed E-state index contributed by atoms with van der Waals surface area (Å²) in [6, 6.07) is 76.3. The fourth-order valence-corrected chi connectivity index (χ4v) is 8.76. The van der Waals surface area contributed by atoms with E-state index in [4.69, 9.17) is 19.4 Å². The summed E-state index contributed by atoms with van der Waals surface area (Å²) in [5.74, 6) is 1.86. The van der Waals surface area contributed by atoms with Crippen molar-refractivity contribution in [3.8, 4) is 73.2 Å². The Morgan fingerprint density at radius 1 is 0.274 bits per heavy atom. The normalized spacial score (nSPS) is 11.5. The Labute approximate surface area is 357 Å². The molecule has 0 aliphatic heterocycles. The third kappa shape index (κ3) is 6.23. The van der Waals surface area contributed by atoms with Gasteiger partial charge in [0.2, 0.25) is 0 Å². The van der Waals surface area contributed by atoms with E-state index in [9.17, 15) is 0 Å². The van der Waals surface area contributed by atoms with E-state index in [0.29, 0.717) is 17.5 Å². The summed E-state index contributed by atoms with van der Waals surface area (Å²) < 4.78 is 8.87. The quantitative estimate of drug-likeness (QED) is 0.161. The van der Waals surface area contributed by atoms with Crippen molar-refractivity contribution in [3.05, 3.63) is 218 Å². The first kappa shape index (κ1) is 35.5. The summed E-state index contributed by atoms with van der Waals surface area (Å²) in [5, 5.41) is 4.54. The minimum Gasteiger partial charge on any atom is -0.456 e. The lowest BCUT2D eigenvalue weighted by molar-refractivity contribution is 0.669. The highest BCUT2D eigenvalue weighted by molar-refractivity contribution is 6.17. The van der Waals surface area contributed by atoms with E-state index in [1.807, 2.05) is 12.1 Å². The molecule has 0 aliphatic rings.